The molecule has 0 radical (unpaired) electrons. The highest BCUT2D eigenvalue weighted by Crippen LogP contribution is 2.07. The molecule has 0 fully saturated rings. The Morgan fingerprint density at radius 1 is 1.23 bits per heavy atom. The van der Waals surface area contributed by atoms with Gasteiger partial charge in [-0.2, -0.15) is 0 Å². The number of nitrogens with two attached hydrogens (primary N) is 1. The molecule has 2 N–H and O–H groups in total. The zero-order valence-electron chi connectivity index (χ0n) is 7.29. The van der Waals surface area contributed by atoms with Crippen molar-refractivity contribution in [3.63, 3.8) is 0 Å². The van der Waals surface area contributed by atoms with Crippen molar-refractivity contribution in [1.82, 2.24) is 0 Å². The van der Waals surface area contributed by atoms with Crippen molar-refractivity contribution in [2.75, 3.05) is 0 Å². The second kappa shape index (κ2) is 5.00. The fourth-order valence-corrected chi connectivity index (χ4v) is 1.18. The molecular formula is C10H12ClNO. The fraction of sp³-hybridized carbons (Fsp3) is 0.300. The van der Waals surface area contributed by atoms with Gasteiger partial charge in [0.15, 0.2) is 0 Å². The summed E-state index contributed by atoms with van der Waals surface area (Å²) in [4.78, 5) is 10.5. The summed E-state index contributed by atoms with van der Waals surface area (Å²) in [5.41, 5.74) is 7.66. The summed E-state index contributed by atoms with van der Waals surface area (Å²) in [5.74, 6) is 0. The van der Waals surface area contributed by atoms with Crippen LogP contribution in [0, 0.1) is 0 Å². The Balaban J connectivity index is 2.54. The highest BCUT2D eigenvalue weighted by Gasteiger charge is 1.98. The van der Waals surface area contributed by atoms with Crippen LogP contribution in [0.2, 0.25) is 0 Å². The van der Waals surface area contributed by atoms with Crippen LogP contribution in [-0.2, 0) is 17.8 Å². The number of carbonyl (C=O) groups is 1. The summed E-state index contributed by atoms with van der Waals surface area (Å²) >= 11 is 5.23. The molecule has 0 aliphatic carbocycles. The molecule has 0 aliphatic heterocycles. The maximum atomic E-state index is 10.5. The lowest BCUT2D eigenvalue weighted by atomic mass is 10.1. The van der Waals surface area contributed by atoms with Crippen molar-refractivity contribution in [1.29, 1.82) is 0 Å². The fourth-order valence-electron chi connectivity index (χ4n) is 1.08. The van der Waals surface area contributed by atoms with Crippen LogP contribution in [-0.4, -0.2) is 5.24 Å². The van der Waals surface area contributed by atoms with E-state index in [1.807, 2.05) is 24.3 Å². The number of aryl methyl sites for hydroxylation is 1. The number of hydrogen-bond acceptors (Lipinski definition) is 2. The first kappa shape index (κ1) is 10.2. The minimum absolute atomic E-state index is 0.289. The van der Waals surface area contributed by atoms with Gasteiger partial charge in [-0.05, 0) is 29.1 Å². The third-order valence-electron chi connectivity index (χ3n) is 1.87. The Morgan fingerprint density at radius 2 is 1.77 bits per heavy atom. The van der Waals surface area contributed by atoms with Gasteiger partial charge in [-0.3, -0.25) is 4.79 Å². The Morgan fingerprint density at radius 3 is 2.23 bits per heavy atom. The SMILES string of the molecule is NCc1ccc(CCC(=O)Cl)cc1. The highest BCUT2D eigenvalue weighted by atomic mass is 35.5. The van der Waals surface area contributed by atoms with Crippen LogP contribution in [0.4, 0.5) is 0 Å². The van der Waals surface area contributed by atoms with Crippen molar-refractivity contribution in [2.45, 2.75) is 19.4 Å². The predicted molar refractivity (Wildman–Crippen MR) is 53.5 cm³/mol. The number of benzene rings is 1. The van der Waals surface area contributed by atoms with Crippen molar-refractivity contribution in [2.24, 2.45) is 5.73 Å². The predicted octanol–water partition coefficient (Wildman–Crippen LogP) is 1.84. The molecule has 0 spiro atoms. The largest absolute Gasteiger partial charge is 0.326 e. The molecule has 0 aliphatic rings. The van der Waals surface area contributed by atoms with E-state index in [4.69, 9.17) is 17.3 Å². The van der Waals surface area contributed by atoms with E-state index in [1.54, 1.807) is 0 Å². The van der Waals surface area contributed by atoms with E-state index >= 15 is 0 Å². The van der Waals surface area contributed by atoms with Crippen LogP contribution < -0.4 is 5.73 Å². The summed E-state index contributed by atoms with van der Waals surface area (Å²) in [5, 5.41) is -0.289. The Bertz CT molecular complexity index is 281. The quantitative estimate of drug-likeness (QED) is 0.749. The molecule has 70 valence electrons. The highest BCUT2D eigenvalue weighted by molar-refractivity contribution is 6.63. The average Bonchev–Trinajstić information content (AvgIpc) is 2.15. The number of halogens is 1. The topological polar surface area (TPSA) is 43.1 Å². The zero-order valence-corrected chi connectivity index (χ0v) is 8.05. The van der Waals surface area contributed by atoms with E-state index in [1.165, 1.54) is 0 Å². The molecule has 2 nitrogen and oxygen atoms in total. The summed E-state index contributed by atoms with van der Waals surface area (Å²) in [6.07, 6.45) is 1.09. The molecule has 0 heterocycles. The lowest BCUT2D eigenvalue weighted by molar-refractivity contribution is -0.111. The van der Waals surface area contributed by atoms with Gasteiger partial charge >= 0.3 is 0 Å². The molecule has 0 unspecified atom stereocenters. The number of hydrogen-bond donors (Lipinski definition) is 1. The second-order valence-corrected chi connectivity index (χ2v) is 3.30. The smallest absolute Gasteiger partial charge is 0.221 e. The third-order valence-corrected chi connectivity index (χ3v) is 2.06. The van der Waals surface area contributed by atoms with E-state index in [0.29, 0.717) is 19.4 Å². The van der Waals surface area contributed by atoms with Gasteiger partial charge in [0.2, 0.25) is 5.24 Å². The summed E-state index contributed by atoms with van der Waals surface area (Å²) < 4.78 is 0. The summed E-state index contributed by atoms with van der Waals surface area (Å²) in [6.45, 7) is 0.550. The molecule has 0 bridgehead atoms. The molecule has 0 amide bonds. The van der Waals surface area contributed by atoms with Gasteiger partial charge in [-0.15, -0.1) is 0 Å². The Hall–Kier alpha value is -0.860. The van der Waals surface area contributed by atoms with Gasteiger partial charge in [0.05, 0.1) is 0 Å². The minimum Gasteiger partial charge on any atom is -0.326 e. The van der Waals surface area contributed by atoms with E-state index in [-0.39, 0.29) is 5.24 Å². The lowest BCUT2D eigenvalue weighted by Crippen LogP contribution is -1.96. The first-order valence-electron chi connectivity index (χ1n) is 4.18. The van der Waals surface area contributed by atoms with Crippen LogP contribution in [0.3, 0.4) is 0 Å². The van der Waals surface area contributed by atoms with Gasteiger partial charge in [0, 0.05) is 13.0 Å². The minimum atomic E-state index is -0.289. The van der Waals surface area contributed by atoms with E-state index in [2.05, 4.69) is 0 Å². The Kier molecular flexibility index (Phi) is 3.93. The van der Waals surface area contributed by atoms with Crippen molar-refractivity contribution in [3.8, 4) is 0 Å². The van der Waals surface area contributed by atoms with Crippen LogP contribution in [0.15, 0.2) is 24.3 Å². The van der Waals surface area contributed by atoms with Crippen molar-refractivity contribution >= 4 is 16.8 Å². The van der Waals surface area contributed by atoms with Gasteiger partial charge < -0.3 is 5.73 Å². The van der Waals surface area contributed by atoms with Gasteiger partial charge in [0.1, 0.15) is 0 Å². The number of carbonyl (C=O) groups excluding carboxylic acids is 1. The maximum Gasteiger partial charge on any atom is 0.221 e. The summed E-state index contributed by atoms with van der Waals surface area (Å²) in [7, 11) is 0. The van der Waals surface area contributed by atoms with Crippen molar-refractivity contribution < 1.29 is 4.79 Å². The molecular weight excluding hydrogens is 186 g/mol. The lowest BCUT2D eigenvalue weighted by Gasteiger charge is -2.00. The normalized spacial score (nSPS) is 10.0. The molecule has 13 heavy (non-hydrogen) atoms. The Labute approximate surface area is 82.7 Å². The zero-order chi connectivity index (χ0) is 9.68. The molecule has 0 saturated heterocycles. The van der Waals surface area contributed by atoms with Gasteiger partial charge in [0.25, 0.3) is 0 Å². The monoisotopic (exact) mass is 197 g/mol. The first-order valence-corrected chi connectivity index (χ1v) is 4.56. The van der Waals surface area contributed by atoms with Crippen LogP contribution >= 0.6 is 11.6 Å². The molecule has 0 atom stereocenters. The molecule has 1 aromatic carbocycles. The molecule has 3 heteroatoms. The third kappa shape index (κ3) is 3.57. The van der Waals surface area contributed by atoms with E-state index in [9.17, 15) is 4.79 Å². The summed E-state index contributed by atoms with van der Waals surface area (Å²) in [6, 6.07) is 7.88. The van der Waals surface area contributed by atoms with Crippen LogP contribution in [0.25, 0.3) is 0 Å². The van der Waals surface area contributed by atoms with Crippen LogP contribution in [0.1, 0.15) is 17.5 Å². The van der Waals surface area contributed by atoms with Crippen LogP contribution in [0.5, 0.6) is 0 Å². The molecule has 1 aromatic rings. The molecule has 0 aromatic heterocycles. The molecule has 1 rings (SSSR count). The standard InChI is InChI=1S/C10H12ClNO/c11-10(13)6-5-8-1-3-9(7-12)4-2-8/h1-4H,5-7,12H2. The average molecular weight is 198 g/mol. The first-order chi connectivity index (χ1) is 6.22. The van der Waals surface area contributed by atoms with Gasteiger partial charge in [-0.25, -0.2) is 0 Å². The van der Waals surface area contributed by atoms with E-state index < -0.39 is 0 Å². The van der Waals surface area contributed by atoms with Crippen molar-refractivity contribution in [3.05, 3.63) is 35.4 Å². The van der Waals surface area contributed by atoms with Gasteiger partial charge in [-0.1, -0.05) is 24.3 Å². The second-order valence-electron chi connectivity index (χ2n) is 2.88. The van der Waals surface area contributed by atoms with E-state index in [0.717, 1.165) is 11.1 Å². The maximum absolute atomic E-state index is 10.5. The molecule has 0 saturated carbocycles. The number of rotatable bonds is 4.